The van der Waals surface area contributed by atoms with Crippen LogP contribution in [0.2, 0.25) is 0 Å². The summed E-state index contributed by atoms with van der Waals surface area (Å²) in [5.41, 5.74) is 2.51. The highest BCUT2D eigenvalue weighted by atomic mass is 35.7. The molecule has 1 aliphatic rings. The Hall–Kier alpha value is -1.44. The van der Waals surface area contributed by atoms with Crippen LogP contribution in [0.25, 0.3) is 17.1 Å². The van der Waals surface area contributed by atoms with Crippen molar-refractivity contribution in [2.75, 3.05) is 0 Å². The van der Waals surface area contributed by atoms with Crippen molar-refractivity contribution in [2.24, 2.45) is 0 Å². The Balaban J connectivity index is 0.000000188. The van der Waals surface area contributed by atoms with Gasteiger partial charge < -0.3 is 0 Å². The maximum atomic E-state index is 8.49. The third-order valence-corrected chi connectivity index (χ3v) is 2.31. The Morgan fingerprint density at radius 2 is 1.76 bits per heavy atom. The monoisotopic (exact) mass is 256 g/mol. The molecule has 0 aliphatic carbocycles. The Morgan fingerprint density at radius 3 is 2.47 bits per heavy atom. The van der Waals surface area contributed by atoms with Gasteiger partial charge in [-0.2, -0.15) is 0 Å². The average Bonchev–Trinajstić information content (AvgIpc) is 2.73. The lowest BCUT2D eigenvalue weighted by molar-refractivity contribution is -2.00. The van der Waals surface area contributed by atoms with Gasteiger partial charge in [0, 0.05) is 6.08 Å². The van der Waals surface area contributed by atoms with Gasteiger partial charge in [0.05, 0.1) is 0 Å². The molecule has 0 spiro atoms. The number of nitrogens with one attached hydrogen (secondary N) is 1. The van der Waals surface area contributed by atoms with Crippen LogP contribution in [0.15, 0.2) is 30.3 Å². The molecular weight excluding hydrogens is 248 g/mol. The van der Waals surface area contributed by atoms with Crippen molar-refractivity contribution < 1.29 is 33.4 Å². The van der Waals surface area contributed by atoms with E-state index in [1.807, 2.05) is 0 Å². The van der Waals surface area contributed by atoms with E-state index in [2.05, 4.69) is 46.0 Å². The van der Waals surface area contributed by atoms with E-state index in [-0.39, 0.29) is 0 Å². The van der Waals surface area contributed by atoms with Crippen LogP contribution in [0, 0.1) is 10.2 Å². The highest BCUT2D eigenvalue weighted by Crippen LogP contribution is 2.12. The summed E-state index contributed by atoms with van der Waals surface area (Å²) in [6.07, 6.45) is 4.29. The van der Waals surface area contributed by atoms with E-state index < -0.39 is 10.2 Å². The van der Waals surface area contributed by atoms with E-state index in [9.17, 15) is 0 Å². The average molecular weight is 257 g/mol. The van der Waals surface area contributed by atoms with Gasteiger partial charge >= 0.3 is 0 Å². The minimum atomic E-state index is -4.94. The Morgan fingerprint density at radius 1 is 1.12 bits per heavy atom. The molecule has 1 aromatic heterocycles. The van der Waals surface area contributed by atoms with Crippen molar-refractivity contribution in [2.45, 2.75) is 6.54 Å². The smallest absolute Gasteiger partial charge is 0.237 e. The number of hydrogen-bond acceptors (Lipinski definition) is 4. The topological polar surface area (TPSA) is 112 Å². The Labute approximate surface area is 98.8 Å². The molecule has 0 fully saturated rings. The van der Waals surface area contributed by atoms with Crippen LogP contribution in [0.1, 0.15) is 5.82 Å². The summed E-state index contributed by atoms with van der Waals surface area (Å²) in [7, 11) is -4.94. The standard InChI is InChI=1S/C10H8N2.ClHO4/c1-2-5-9-8(4-1)11-10-6-3-7-12(9)10;2-1(3,4)5/h1-6H,7H2;(H,2,3,4,5). The van der Waals surface area contributed by atoms with Crippen molar-refractivity contribution in [3.05, 3.63) is 36.2 Å². The molecule has 0 unspecified atom stereocenters. The first-order valence-corrected chi connectivity index (χ1v) is 5.97. The molecule has 0 amide bonds. The number of allylic oxidation sites excluding steroid dienone is 1. The summed E-state index contributed by atoms with van der Waals surface area (Å²) >= 11 is 0. The Kier molecular flexibility index (Phi) is 3.14. The first-order valence-electron chi connectivity index (χ1n) is 4.74. The number of aromatic amines is 1. The zero-order valence-electron chi connectivity index (χ0n) is 8.63. The molecule has 2 heterocycles. The third kappa shape index (κ3) is 3.02. The molecule has 0 bridgehead atoms. The zero-order valence-corrected chi connectivity index (χ0v) is 9.39. The van der Waals surface area contributed by atoms with Gasteiger partial charge in [0.2, 0.25) is 0 Å². The SMILES string of the molecule is C1=Cc2[nH]c3ccccc3[n+]2C1.[O-][Cl+3]([O-])([O-])[O-]. The maximum Gasteiger partial charge on any atom is 0.280 e. The summed E-state index contributed by atoms with van der Waals surface area (Å²) in [5.74, 6) is 1.20. The van der Waals surface area contributed by atoms with E-state index in [0.29, 0.717) is 0 Å². The first kappa shape index (κ1) is 12.0. The number of benzene rings is 1. The molecule has 3 rings (SSSR count). The molecule has 0 saturated heterocycles. The summed E-state index contributed by atoms with van der Waals surface area (Å²) in [5, 5.41) is 0. The lowest BCUT2D eigenvalue weighted by Gasteiger charge is -2.17. The lowest BCUT2D eigenvalue weighted by atomic mass is 10.3. The van der Waals surface area contributed by atoms with Gasteiger partial charge in [-0.05, 0) is 18.2 Å². The van der Waals surface area contributed by atoms with E-state index in [4.69, 9.17) is 18.6 Å². The molecule has 7 heteroatoms. The maximum absolute atomic E-state index is 8.49. The number of halogens is 1. The molecule has 0 saturated carbocycles. The lowest BCUT2D eigenvalue weighted by Crippen LogP contribution is -2.68. The third-order valence-electron chi connectivity index (χ3n) is 2.31. The minimum absolute atomic E-state index is 0.999. The van der Waals surface area contributed by atoms with Crippen LogP contribution >= 0.6 is 0 Å². The van der Waals surface area contributed by atoms with Gasteiger partial charge in [-0.15, -0.1) is 10.2 Å². The number of fused-ring (bicyclic) bond motifs is 3. The quantitative estimate of drug-likeness (QED) is 0.498. The van der Waals surface area contributed by atoms with E-state index in [1.54, 1.807) is 0 Å². The summed E-state index contributed by atoms with van der Waals surface area (Å²) in [6.45, 7) is 0.999. The number of imidazole rings is 1. The van der Waals surface area contributed by atoms with Crippen LogP contribution in [0.4, 0.5) is 0 Å². The molecule has 0 radical (unpaired) electrons. The fourth-order valence-electron chi connectivity index (χ4n) is 1.75. The van der Waals surface area contributed by atoms with Crippen molar-refractivity contribution in [1.29, 1.82) is 0 Å². The van der Waals surface area contributed by atoms with Crippen LogP contribution < -0.4 is 23.2 Å². The van der Waals surface area contributed by atoms with E-state index >= 15 is 0 Å². The van der Waals surface area contributed by atoms with Crippen molar-refractivity contribution in [1.82, 2.24) is 4.98 Å². The second-order valence-corrected chi connectivity index (χ2v) is 4.17. The molecule has 2 aromatic rings. The van der Waals surface area contributed by atoms with Gasteiger partial charge in [-0.1, -0.05) is 12.1 Å². The molecule has 1 aromatic carbocycles. The van der Waals surface area contributed by atoms with Gasteiger partial charge in [0.15, 0.2) is 11.0 Å². The summed E-state index contributed by atoms with van der Waals surface area (Å²) < 4.78 is 36.2. The van der Waals surface area contributed by atoms with Gasteiger partial charge in [-0.3, -0.25) is 0 Å². The number of hydrogen-bond donors (Lipinski definition) is 1. The van der Waals surface area contributed by atoms with E-state index in [1.165, 1.54) is 16.9 Å². The number of rotatable bonds is 0. The molecule has 6 nitrogen and oxygen atoms in total. The largest absolute Gasteiger partial charge is 0.280 e. The van der Waals surface area contributed by atoms with Crippen molar-refractivity contribution in [3.63, 3.8) is 0 Å². The Bertz CT molecular complexity index is 553. The van der Waals surface area contributed by atoms with Crippen LogP contribution in [-0.2, 0) is 6.54 Å². The summed E-state index contributed by atoms with van der Waals surface area (Å²) in [4.78, 5) is 3.35. The number of para-hydroxylation sites is 2. The second-order valence-electron chi connectivity index (χ2n) is 3.42. The van der Waals surface area contributed by atoms with E-state index in [0.717, 1.165) is 6.54 Å². The van der Waals surface area contributed by atoms with Gasteiger partial charge in [0.1, 0.15) is 6.54 Å². The van der Waals surface area contributed by atoms with Crippen molar-refractivity contribution in [3.8, 4) is 0 Å². The van der Waals surface area contributed by atoms with Crippen LogP contribution in [0.5, 0.6) is 0 Å². The van der Waals surface area contributed by atoms with Gasteiger partial charge in [-0.25, -0.2) is 28.2 Å². The minimum Gasteiger partial charge on any atom is -0.237 e. The highest BCUT2D eigenvalue weighted by molar-refractivity contribution is 5.72. The highest BCUT2D eigenvalue weighted by Gasteiger charge is 2.17. The normalized spacial score (nSPS) is 13.4. The van der Waals surface area contributed by atoms with Crippen LogP contribution in [0.3, 0.4) is 0 Å². The molecule has 0 atom stereocenters. The fraction of sp³-hybridized carbons (Fsp3) is 0.100. The van der Waals surface area contributed by atoms with Crippen molar-refractivity contribution >= 4 is 17.1 Å². The summed E-state index contributed by atoms with van der Waals surface area (Å²) in [6, 6.07) is 8.37. The molecule has 90 valence electrons. The second kappa shape index (κ2) is 4.44. The fourth-order valence-corrected chi connectivity index (χ4v) is 1.75. The number of nitrogens with zero attached hydrogens (tertiary/aromatic N) is 1. The number of H-pyrrole nitrogens is 1. The molecule has 17 heavy (non-hydrogen) atoms. The molecular formula is C10H9ClN2O4. The predicted octanol–water partition coefficient (Wildman–Crippen LogP) is -3.27. The van der Waals surface area contributed by atoms with Crippen LogP contribution in [-0.4, -0.2) is 4.98 Å². The zero-order chi connectivity index (χ0) is 12.5. The predicted molar refractivity (Wildman–Crippen MR) is 47.5 cm³/mol. The van der Waals surface area contributed by atoms with Gasteiger partial charge in [0.25, 0.3) is 5.82 Å². The molecule has 1 N–H and O–H groups in total. The first-order chi connectivity index (χ1) is 7.95. The molecule has 1 aliphatic heterocycles. The number of aromatic nitrogens is 2.